The molecule has 2 aromatic heterocycles. The SMILES string of the molecule is C[S+]([O-])C1CCN(Cc2cccc(Nc3sc(-c4ccc(C(C)(C)O)cc4F)cc3C(N)=O)n2)C1. The summed E-state index contributed by atoms with van der Waals surface area (Å²) in [6.07, 6.45) is 2.66. The topological polar surface area (TPSA) is 115 Å². The van der Waals surface area contributed by atoms with E-state index in [-0.39, 0.29) is 10.8 Å². The van der Waals surface area contributed by atoms with Crippen LogP contribution in [-0.4, -0.2) is 50.0 Å². The van der Waals surface area contributed by atoms with E-state index in [1.165, 1.54) is 17.4 Å². The Morgan fingerprint density at radius 2 is 2.14 bits per heavy atom. The summed E-state index contributed by atoms with van der Waals surface area (Å²) >= 11 is 0.372. The van der Waals surface area contributed by atoms with Crippen molar-refractivity contribution in [1.29, 1.82) is 0 Å². The smallest absolute Gasteiger partial charge is 0.251 e. The van der Waals surface area contributed by atoms with E-state index in [4.69, 9.17) is 5.73 Å². The fourth-order valence-corrected chi connectivity index (χ4v) is 6.04. The van der Waals surface area contributed by atoms with Crippen LogP contribution >= 0.6 is 11.3 Å². The lowest BCUT2D eigenvalue weighted by molar-refractivity contribution is 0.0782. The van der Waals surface area contributed by atoms with Crippen LogP contribution in [0.2, 0.25) is 0 Å². The summed E-state index contributed by atoms with van der Waals surface area (Å²) < 4.78 is 26.6. The molecule has 1 aliphatic rings. The molecule has 0 saturated carbocycles. The number of nitrogens with zero attached hydrogens (tertiary/aromatic N) is 2. The molecule has 0 aliphatic carbocycles. The van der Waals surface area contributed by atoms with Gasteiger partial charge in [-0.2, -0.15) is 0 Å². The maximum atomic E-state index is 14.9. The van der Waals surface area contributed by atoms with Gasteiger partial charge in [-0.3, -0.25) is 9.69 Å². The Labute approximate surface area is 211 Å². The summed E-state index contributed by atoms with van der Waals surface area (Å²) in [5.74, 6) is -0.577. The van der Waals surface area contributed by atoms with Gasteiger partial charge in [-0.1, -0.05) is 29.4 Å². The van der Waals surface area contributed by atoms with Crippen molar-refractivity contribution < 1.29 is 18.8 Å². The van der Waals surface area contributed by atoms with Gasteiger partial charge >= 0.3 is 0 Å². The molecule has 1 amide bonds. The van der Waals surface area contributed by atoms with E-state index in [1.54, 1.807) is 44.4 Å². The predicted octanol–water partition coefficient (Wildman–Crippen LogP) is 3.97. The zero-order valence-electron chi connectivity index (χ0n) is 19.9. The lowest BCUT2D eigenvalue weighted by Crippen LogP contribution is -2.26. The number of thiophene rings is 1. The van der Waals surface area contributed by atoms with Gasteiger partial charge in [-0.25, -0.2) is 9.37 Å². The van der Waals surface area contributed by atoms with Gasteiger partial charge in [0, 0.05) is 36.5 Å². The van der Waals surface area contributed by atoms with E-state index < -0.39 is 28.5 Å². The van der Waals surface area contributed by atoms with Gasteiger partial charge in [0.25, 0.3) is 5.91 Å². The number of halogens is 1. The Bertz CT molecular complexity index is 1230. The number of pyridine rings is 1. The van der Waals surface area contributed by atoms with Crippen LogP contribution in [-0.2, 0) is 23.3 Å². The normalized spacial score (nSPS) is 17.5. The highest BCUT2D eigenvalue weighted by Crippen LogP contribution is 2.38. The third kappa shape index (κ3) is 6.02. The standard InChI is InChI=1S/C25H29FN4O3S2/c1-25(2,32)15-7-8-18(20(26)11-15)21-12-19(23(27)31)24(34-21)29-22-6-4-5-16(28-22)13-30-10-9-17(14-30)35(3)33/h4-8,11-12,17,32H,9-10,13-14H2,1-3H3,(H2,27,31)(H,28,29). The second-order valence-electron chi connectivity index (χ2n) is 9.25. The lowest BCUT2D eigenvalue weighted by atomic mass is 9.96. The molecule has 1 aliphatic heterocycles. The minimum absolute atomic E-state index is 0.192. The fraction of sp³-hybridized carbons (Fsp3) is 0.360. The quantitative estimate of drug-likeness (QED) is 0.390. The third-order valence-corrected chi connectivity index (χ3v) is 8.48. The Balaban J connectivity index is 1.55. The zero-order chi connectivity index (χ0) is 25.3. The summed E-state index contributed by atoms with van der Waals surface area (Å²) in [6, 6.07) is 11.7. The highest BCUT2D eigenvalue weighted by molar-refractivity contribution is 7.91. The lowest BCUT2D eigenvalue weighted by Gasteiger charge is -2.18. The molecular formula is C25H29FN4O3S2. The molecule has 2 unspecified atom stereocenters. The first-order valence-electron chi connectivity index (χ1n) is 11.2. The monoisotopic (exact) mass is 516 g/mol. The van der Waals surface area contributed by atoms with Crippen molar-refractivity contribution in [3.63, 3.8) is 0 Å². The van der Waals surface area contributed by atoms with Crippen LogP contribution in [0.25, 0.3) is 10.4 Å². The fourth-order valence-electron chi connectivity index (χ4n) is 4.09. The predicted molar refractivity (Wildman–Crippen MR) is 139 cm³/mol. The second kappa shape index (κ2) is 10.2. The average Bonchev–Trinajstić information content (AvgIpc) is 3.41. The van der Waals surface area contributed by atoms with Crippen molar-refractivity contribution in [2.24, 2.45) is 5.73 Å². The molecule has 0 radical (unpaired) electrons. The summed E-state index contributed by atoms with van der Waals surface area (Å²) in [5.41, 5.74) is 6.31. The maximum Gasteiger partial charge on any atom is 0.251 e. The minimum atomic E-state index is -1.17. The van der Waals surface area contributed by atoms with E-state index in [0.717, 1.165) is 25.2 Å². The number of carbonyl (C=O) groups is 1. The molecule has 2 atom stereocenters. The highest BCUT2D eigenvalue weighted by Gasteiger charge is 2.29. The molecule has 0 spiro atoms. The summed E-state index contributed by atoms with van der Waals surface area (Å²) in [4.78, 5) is 19.6. The first-order chi connectivity index (χ1) is 16.5. The summed E-state index contributed by atoms with van der Waals surface area (Å²) in [6.45, 7) is 5.48. The van der Waals surface area contributed by atoms with E-state index >= 15 is 0 Å². The second-order valence-corrected chi connectivity index (χ2v) is 12.0. The van der Waals surface area contributed by atoms with Gasteiger partial charge in [0.05, 0.1) is 23.1 Å². The molecule has 3 heterocycles. The van der Waals surface area contributed by atoms with Crippen molar-refractivity contribution in [2.75, 3.05) is 24.7 Å². The van der Waals surface area contributed by atoms with Crippen molar-refractivity contribution in [2.45, 2.75) is 37.7 Å². The number of carbonyl (C=O) groups excluding carboxylic acids is 1. The summed E-state index contributed by atoms with van der Waals surface area (Å²) in [7, 11) is 0. The van der Waals surface area contributed by atoms with Crippen molar-refractivity contribution in [3.8, 4) is 10.4 Å². The van der Waals surface area contributed by atoms with Crippen LogP contribution in [0.4, 0.5) is 15.2 Å². The van der Waals surface area contributed by atoms with Crippen molar-refractivity contribution in [3.05, 3.63) is 65.1 Å². The number of aromatic nitrogens is 1. The number of likely N-dealkylation sites (tertiary alicyclic amines) is 1. The van der Waals surface area contributed by atoms with E-state index in [9.17, 15) is 18.8 Å². The number of aliphatic hydroxyl groups is 1. The minimum Gasteiger partial charge on any atom is -0.616 e. The summed E-state index contributed by atoms with van der Waals surface area (Å²) in [5, 5.41) is 14.0. The number of primary amides is 1. The number of anilines is 2. The molecule has 186 valence electrons. The molecule has 0 bridgehead atoms. The van der Waals surface area contributed by atoms with Gasteiger partial charge in [-0.15, -0.1) is 11.3 Å². The average molecular weight is 517 g/mol. The molecular weight excluding hydrogens is 487 g/mol. The molecule has 7 nitrogen and oxygen atoms in total. The van der Waals surface area contributed by atoms with E-state index in [0.29, 0.717) is 33.4 Å². The van der Waals surface area contributed by atoms with Crippen LogP contribution in [0.15, 0.2) is 42.5 Å². The maximum absolute atomic E-state index is 14.9. The van der Waals surface area contributed by atoms with E-state index in [2.05, 4.69) is 15.2 Å². The van der Waals surface area contributed by atoms with Gasteiger partial charge < -0.3 is 20.7 Å². The van der Waals surface area contributed by atoms with Crippen molar-refractivity contribution >= 4 is 39.2 Å². The van der Waals surface area contributed by atoms with Crippen molar-refractivity contribution in [1.82, 2.24) is 9.88 Å². The Morgan fingerprint density at radius 3 is 2.77 bits per heavy atom. The third-order valence-electron chi connectivity index (χ3n) is 6.07. The van der Waals surface area contributed by atoms with E-state index in [1.807, 2.05) is 12.1 Å². The van der Waals surface area contributed by atoms with Crippen LogP contribution in [0, 0.1) is 5.82 Å². The number of amides is 1. The number of benzene rings is 1. The molecule has 35 heavy (non-hydrogen) atoms. The largest absolute Gasteiger partial charge is 0.616 e. The number of nitrogens with two attached hydrogens (primary N) is 1. The number of nitrogens with one attached hydrogen (secondary N) is 1. The highest BCUT2D eigenvalue weighted by atomic mass is 32.2. The van der Waals surface area contributed by atoms with Gasteiger partial charge in [0.2, 0.25) is 0 Å². The number of hydrogen-bond acceptors (Lipinski definition) is 7. The molecule has 3 aromatic rings. The van der Waals surface area contributed by atoms with Gasteiger partial charge in [0.1, 0.15) is 21.9 Å². The molecule has 4 rings (SSSR count). The number of rotatable bonds is 8. The molecule has 4 N–H and O–H groups in total. The van der Waals surface area contributed by atoms with Crippen LogP contribution in [0.3, 0.4) is 0 Å². The molecule has 1 fully saturated rings. The molecule has 1 saturated heterocycles. The first-order valence-corrected chi connectivity index (χ1v) is 13.7. The Morgan fingerprint density at radius 1 is 1.37 bits per heavy atom. The van der Waals surface area contributed by atoms with Gasteiger partial charge in [-0.05, 0) is 43.7 Å². The van der Waals surface area contributed by atoms with Crippen LogP contribution < -0.4 is 11.1 Å². The molecule has 10 heteroatoms. The molecule has 1 aromatic carbocycles. The first kappa shape index (κ1) is 25.6. The van der Waals surface area contributed by atoms with Crippen LogP contribution in [0.5, 0.6) is 0 Å². The Hall–Kier alpha value is -2.50. The van der Waals surface area contributed by atoms with Crippen LogP contribution in [0.1, 0.15) is 41.9 Å². The Kier molecular flexibility index (Phi) is 7.48. The number of hydrogen-bond donors (Lipinski definition) is 3. The zero-order valence-corrected chi connectivity index (χ0v) is 21.5. The van der Waals surface area contributed by atoms with Gasteiger partial charge in [0.15, 0.2) is 0 Å².